The number of aromatic carboxylic acids is 1. The fraction of sp³-hybridized carbons (Fsp3) is 0.259. The summed E-state index contributed by atoms with van der Waals surface area (Å²) in [5.74, 6) is -1.13. The molecule has 7 N–H and O–H groups in total. The third kappa shape index (κ3) is 5.12. The average molecular weight is 534 g/mol. The summed E-state index contributed by atoms with van der Waals surface area (Å²) in [4.78, 5) is 32.6. The summed E-state index contributed by atoms with van der Waals surface area (Å²) in [6, 6.07) is 12.8. The van der Waals surface area contributed by atoms with E-state index in [4.69, 9.17) is 20.9 Å². The molecule has 0 saturated carbocycles. The number of aryl methyl sites for hydroxylation is 1. The number of pyridine rings is 1. The maximum absolute atomic E-state index is 12.7. The number of nitrogens with two attached hydrogens (primary N) is 2. The van der Waals surface area contributed by atoms with Crippen molar-refractivity contribution in [3.63, 3.8) is 0 Å². The number of carboxylic acid groups (broad SMARTS) is 1. The summed E-state index contributed by atoms with van der Waals surface area (Å²) in [5.41, 5.74) is 14.5. The van der Waals surface area contributed by atoms with Crippen molar-refractivity contribution in [2.75, 3.05) is 18.1 Å². The molecule has 202 valence electrons. The van der Waals surface area contributed by atoms with E-state index in [1.807, 2.05) is 0 Å². The van der Waals surface area contributed by atoms with Crippen molar-refractivity contribution in [2.24, 2.45) is 0 Å². The Balaban J connectivity index is 1.24. The molecule has 1 fully saturated rings. The van der Waals surface area contributed by atoms with Gasteiger partial charge in [-0.15, -0.1) is 0 Å². The molecule has 4 aromatic rings. The highest BCUT2D eigenvalue weighted by Gasteiger charge is 2.44. The van der Waals surface area contributed by atoms with E-state index < -0.39 is 30.5 Å². The van der Waals surface area contributed by atoms with E-state index in [-0.39, 0.29) is 29.9 Å². The van der Waals surface area contributed by atoms with E-state index in [1.165, 1.54) is 29.2 Å². The molecule has 2 aromatic heterocycles. The Bertz CT molecular complexity index is 1540. The van der Waals surface area contributed by atoms with Crippen LogP contribution in [0.5, 0.6) is 5.75 Å². The molecule has 1 aliphatic rings. The highest BCUT2D eigenvalue weighted by atomic mass is 16.6. The number of Topliss-reactive ketones (excluding diaryl/α,β-unsaturated/α-hetero) is 1. The van der Waals surface area contributed by atoms with Crippen LogP contribution in [0.25, 0.3) is 11.2 Å². The monoisotopic (exact) mass is 533 g/mol. The molecule has 0 spiro atoms. The predicted octanol–water partition coefficient (Wildman–Crippen LogP) is 1.81. The number of nitrogen functional groups attached to an aromatic ring is 2. The third-order valence-corrected chi connectivity index (χ3v) is 6.68. The van der Waals surface area contributed by atoms with Crippen LogP contribution in [0.4, 0.5) is 11.4 Å². The van der Waals surface area contributed by atoms with Gasteiger partial charge in [-0.3, -0.25) is 9.36 Å². The Kier molecular flexibility index (Phi) is 7.15. The Morgan fingerprint density at radius 2 is 1.77 bits per heavy atom. The van der Waals surface area contributed by atoms with Crippen molar-refractivity contribution in [2.45, 2.75) is 37.4 Å². The molecule has 39 heavy (non-hydrogen) atoms. The van der Waals surface area contributed by atoms with Gasteiger partial charge in [0.1, 0.15) is 36.2 Å². The second kappa shape index (κ2) is 10.7. The van der Waals surface area contributed by atoms with Gasteiger partial charge in [-0.1, -0.05) is 24.3 Å². The summed E-state index contributed by atoms with van der Waals surface area (Å²) in [5, 5.41) is 30.6. The number of ketones is 1. The molecule has 0 amide bonds. The first-order valence-corrected chi connectivity index (χ1v) is 12.2. The minimum Gasteiger partial charge on any atom is -0.489 e. The van der Waals surface area contributed by atoms with Crippen LogP contribution >= 0.6 is 0 Å². The van der Waals surface area contributed by atoms with Crippen molar-refractivity contribution in [3.05, 3.63) is 77.7 Å². The van der Waals surface area contributed by atoms with Crippen LogP contribution in [0.2, 0.25) is 0 Å². The van der Waals surface area contributed by atoms with E-state index in [0.717, 1.165) is 5.56 Å². The molecular formula is C27H27N5O7. The first-order valence-electron chi connectivity index (χ1n) is 12.2. The number of ether oxygens (including phenoxy) is 2. The molecule has 5 rings (SSSR count). The minimum atomic E-state index is -1.28. The fourth-order valence-corrected chi connectivity index (χ4v) is 4.57. The van der Waals surface area contributed by atoms with Crippen molar-refractivity contribution < 1.29 is 34.4 Å². The van der Waals surface area contributed by atoms with Crippen LogP contribution in [0, 0.1) is 0 Å². The highest BCUT2D eigenvalue weighted by Crippen LogP contribution is 2.33. The summed E-state index contributed by atoms with van der Waals surface area (Å²) >= 11 is 0. The van der Waals surface area contributed by atoms with Crippen LogP contribution in [-0.4, -0.2) is 66.5 Å². The normalized spacial score (nSPS) is 20.8. The lowest BCUT2D eigenvalue weighted by Crippen LogP contribution is -2.34. The van der Waals surface area contributed by atoms with Gasteiger partial charge in [0.15, 0.2) is 17.7 Å². The highest BCUT2D eigenvalue weighted by molar-refractivity contribution is 6.05. The first kappa shape index (κ1) is 26.1. The summed E-state index contributed by atoms with van der Waals surface area (Å²) in [6.45, 7) is -0.116. The number of hydrogen-bond donors (Lipinski definition) is 5. The number of fused-ring (bicyclic) bond motifs is 1. The number of carbonyl (C=O) groups is 2. The zero-order valence-corrected chi connectivity index (χ0v) is 20.7. The lowest BCUT2D eigenvalue weighted by molar-refractivity contribution is -0.0473. The van der Waals surface area contributed by atoms with Crippen LogP contribution in [0.15, 0.2) is 61.1 Å². The standard InChI is InChI=1S/C27H27N5O7/c28-17-7-5-14(6-8-19(33)15-3-1-2-4-16(15)27(36)37)11-20(17)38-12-21-23(34)24(35)26(39-21)32-13-31-22-18(29)9-10-30-25(22)32/h1-5,7,9-11,13,21,23-24,26,34-35H,6,8,12,28H2,(H2,29,30)(H,36,37)/t21-,23-,24-,26-/m1/s1. The topological polar surface area (TPSA) is 196 Å². The van der Waals surface area contributed by atoms with E-state index in [2.05, 4.69) is 9.97 Å². The smallest absolute Gasteiger partial charge is 0.336 e. The maximum atomic E-state index is 12.7. The van der Waals surface area contributed by atoms with Crippen LogP contribution in [0.1, 0.15) is 38.9 Å². The molecule has 12 heteroatoms. The van der Waals surface area contributed by atoms with Gasteiger partial charge in [0, 0.05) is 18.2 Å². The molecule has 0 radical (unpaired) electrons. The lowest BCUT2D eigenvalue weighted by Gasteiger charge is -2.17. The van der Waals surface area contributed by atoms with Gasteiger partial charge in [0.25, 0.3) is 0 Å². The molecule has 0 bridgehead atoms. The largest absolute Gasteiger partial charge is 0.489 e. The molecule has 3 heterocycles. The summed E-state index contributed by atoms with van der Waals surface area (Å²) in [7, 11) is 0. The second-order valence-electron chi connectivity index (χ2n) is 9.23. The first-order chi connectivity index (χ1) is 18.7. The van der Waals surface area contributed by atoms with Gasteiger partial charge in [-0.05, 0) is 36.2 Å². The summed E-state index contributed by atoms with van der Waals surface area (Å²) in [6.07, 6.45) is -1.01. The molecular weight excluding hydrogens is 506 g/mol. The molecule has 1 saturated heterocycles. The van der Waals surface area contributed by atoms with Crippen LogP contribution in [-0.2, 0) is 11.2 Å². The molecule has 12 nitrogen and oxygen atoms in total. The van der Waals surface area contributed by atoms with E-state index in [0.29, 0.717) is 34.7 Å². The average Bonchev–Trinajstić information content (AvgIpc) is 3.48. The van der Waals surface area contributed by atoms with Crippen LogP contribution in [0.3, 0.4) is 0 Å². The third-order valence-electron chi connectivity index (χ3n) is 6.68. The zero-order chi connectivity index (χ0) is 27.7. The Hall–Kier alpha value is -4.52. The van der Waals surface area contributed by atoms with Gasteiger partial charge in [-0.25, -0.2) is 14.8 Å². The van der Waals surface area contributed by atoms with Crippen molar-refractivity contribution in [1.82, 2.24) is 14.5 Å². The number of carboxylic acids is 1. The molecule has 1 aliphatic heterocycles. The lowest BCUT2D eigenvalue weighted by atomic mass is 9.98. The van der Waals surface area contributed by atoms with Gasteiger partial charge in [0.2, 0.25) is 0 Å². The number of aromatic nitrogens is 3. The molecule has 2 aromatic carbocycles. The molecule has 4 atom stereocenters. The summed E-state index contributed by atoms with van der Waals surface area (Å²) < 4.78 is 13.3. The number of aliphatic hydroxyl groups excluding tert-OH is 2. The van der Waals surface area contributed by atoms with Crippen molar-refractivity contribution >= 4 is 34.3 Å². The van der Waals surface area contributed by atoms with Gasteiger partial charge in [0.05, 0.1) is 23.3 Å². The zero-order valence-electron chi connectivity index (χ0n) is 20.7. The van der Waals surface area contributed by atoms with Gasteiger partial charge in [-0.2, -0.15) is 0 Å². The second-order valence-corrected chi connectivity index (χ2v) is 9.23. The number of carbonyl (C=O) groups excluding carboxylic acids is 1. The number of hydrogen-bond acceptors (Lipinski definition) is 10. The van der Waals surface area contributed by atoms with Crippen molar-refractivity contribution in [3.8, 4) is 5.75 Å². The van der Waals surface area contributed by atoms with Crippen molar-refractivity contribution in [1.29, 1.82) is 0 Å². The molecule has 0 unspecified atom stereocenters. The van der Waals surface area contributed by atoms with Gasteiger partial charge >= 0.3 is 5.97 Å². The quantitative estimate of drug-likeness (QED) is 0.155. The number of nitrogens with zero attached hydrogens (tertiary/aromatic N) is 3. The van der Waals surface area contributed by atoms with Gasteiger partial charge < -0.3 is 36.3 Å². The SMILES string of the molecule is Nc1ccc(CCC(=O)c2ccccc2C(=O)O)cc1OC[C@H]1O[C@@H](n2cnc3c(N)ccnc32)[C@H](O)[C@@H]1O. The number of imidazole rings is 1. The molecule has 0 aliphatic carbocycles. The predicted molar refractivity (Wildman–Crippen MR) is 140 cm³/mol. The fourth-order valence-electron chi connectivity index (χ4n) is 4.57. The number of rotatable bonds is 9. The van der Waals surface area contributed by atoms with E-state index in [1.54, 1.807) is 36.4 Å². The number of anilines is 2. The minimum absolute atomic E-state index is 0.0395. The maximum Gasteiger partial charge on any atom is 0.336 e. The van der Waals surface area contributed by atoms with E-state index in [9.17, 15) is 24.9 Å². The Labute approximate surface area is 222 Å². The Morgan fingerprint density at radius 1 is 1.00 bits per heavy atom. The van der Waals surface area contributed by atoms with Crippen LogP contribution < -0.4 is 16.2 Å². The number of aliphatic hydroxyl groups is 2. The number of benzene rings is 2. The van der Waals surface area contributed by atoms with E-state index >= 15 is 0 Å². The Morgan fingerprint density at radius 3 is 2.54 bits per heavy atom.